The van der Waals surface area contributed by atoms with Crippen molar-refractivity contribution >= 4 is 0 Å². The highest BCUT2D eigenvalue weighted by molar-refractivity contribution is 5.55. The molecule has 0 amide bonds. The van der Waals surface area contributed by atoms with Gasteiger partial charge in [0.1, 0.15) is 0 Å². The molecule has 4 nitrogen and oxygen atoms in total. The average Bonchev–Trinajstić information content (AvgIpc) is 2.87. The second-order valence-electron chi connectivity index (χ2n) is 9.03. The van der Waals surface area contributed by atoms with Crippen LogP contribution in [0.4, 0.5) is 0 Å². The van der Waals surface area contributed by atoms with Gasteiger partial charge in [0.2, 0.25) is 0 Å². The van der Waals surface area contributed by atoms with E-state index < -0.39 is 0 Å². The van der Waals surface area contributed by atoms with Crippen molar-refractivity contribution in [2.45, 2.75) is 97.3 Å². The van der Waals surface area contributed by atoms with Crippen molar-refractivity contribution in [1.29, 1.82) is 0 Å². The van der Waals surface area contributed by atoms with E-state index >= 15 is 0 Å². The molecule has 188 valence electrons. The first kappa shape index (κ1) is 28.0. The predicted molar refractivity (Wildman–Crippen MR) is 143 cm³/mol. The number of aromatic nitrogens is 2. The molecule has 1 aromatic carbocycles. The third-order valence-electron chi connectivity index (χ3n) is 5.87. The zero-order valence-electron chi connectivity index (χ0n) is 21.6. The molecule has 0 atom stereocenters. The van der Waals surface area contributed by atoms with Gasteiger partial charge < -0.3 is 9.47 Å². The summed E-state index contributed by atoms with van der Waals surface area (Å²) in [6.07, 6.45) is 23.9. The summed E-state index contributed by atoms with van der Waals surface area (Å²) in [5.74, 6) is 1.49. The van der Waals surface area contributed by atoms with Crippen molar-refractivity contribution in [3.63, 3.8) is 0 Å². The number of hydrogen-bond acceptors (Lipinski definition) is 4. The van der Waals surface area contributed by atoms with Crippen LogP contribution in [0.2, 0.25) is 0 Å². The Bertz CT molecular complexity index is 756. The largest absolute Gasteiger partial charge is 0.490 e. The molecule has 4 heteroatoms. The molecule has 0 spiro atoms. The van der Waals surface area contributed by atoms with Gasteiger partial charge in [-0.15, -0.1) is 0 Å². The first-order valence-electron chi connectivity index (χ1n) is 13.6. The second kappa shape index (κ2) is 19.1. The Balaban J connectivity index is 1.58. The highest BCUT2D eigenvalue weighted by Crippen LogP contribution is 2.18. The number of unbranched alkanes of at least 4 members (excludes halogenated alkanes) is 8. The minimum absolute atomic E-state index is 0.715. The van der Waals surface area contributed by atoms with Gasteiger partial charge in [-0.05, 0) is 63.4 Å². The molecule has 2 aromatic rings. The lowest BCUT2D eigenvalue weighted by atomic mass is 10.0. The maximum Gasteiger partial charge on any atom is 0.159 e. The van der Waals surface area contributed by atoms with Crippen LogP contribution in [-0.2, 0) is 11.2 Å². The van der Waals surface area contributed by atoms with Gasteiger partial charge in [-0.1, -0.05) is 75.9 Å². The van der Waals surface area contributed by atoms with Gasteiger partial charge in [-0.3, -0.25) is 0 Å². The van der Waals surface area contributed by atoms with E-state index in [1.807, 2.05) is 0 Å². The summed E-state index contributed by atoms with van der Waals surface area (Å²) >= 11 is 0. The Hall–Kier alpha value is -2.20. The second-order valence-corrected chi connectivity index (χ2v) is 9.03. The summed E-state index contributed by atoms with van der Waals surface area (Å²) in [5.41, 5.74) is 2.41. The Labute approximate surface area is 208 Å². The van der Waals surface area contributed by atoms with E-state index in [0.717, 1.165) is 68.9 Å². The summed E-state index contributed by atoms with van der Waals surface area (Å²) in [5, 5.41) is 0. The van der Waals surface area contributed by atoms with E-state index in [-0.39, 0.29) is 0 Å². The average molecular weight is 467 g/mol. The summed E-state index contributed by atoms with van der Waals surface area (Å²) in [7, 11) is 0. The first-order chi connectivity index (χ1) is 16.8. The third kappa shape index (κ3) is 12.9. The van der Waals surface area contributed by atoms with Crippen LogP contribution in [0.1, 0.15) is 96.5 Å². The number of rotatable bonds is 20. The van der Waals surface area contributed by atoms with Crippen LogP contribution in [0.3, 0.4) is 0 Å². The quantitative estimate of drug-likeness (QED) is 0.145. The molecule has 0 N–H and O–H groups in total. The van der Waals surface area contributed by atoms with E-state index in [0.29, 0.717) is 6.61 Å². The Morgan fingerprint density at radius 3 is 2.06 bits per heavy atom. The molecule has 0 radical (unpaired) electrons. The molecule has 2 rings (SSSR count). The van der Waals surface area contributed by atoms with Gasteiger partial charge in [0, 0.05) is 18.8 Å². The molecule has 0 saturated carbocycles. The Morgan fingerprint density at radius 2 is 1.35 bits per heavy atom. The van der Waals surface area contributed by atoms with Crippen molar-refractivity contribution in [3.05, 3.63) is 54.4 Å². The Kier molecular flexibility index (Phi) is 15.8. The fourth-order valence-corrected chi connectivity index (χ4v) is 3.80. The number of aryl methyl sites for hydroxylation is 1. The third-order valence-corrected chi connectivity index (χ3v) is 5.87. The minimum Gasteiger partial charge on any atom is -0.490 e. The van der Waals surface area contributed by atoms with Crippen LogP contribution >= 0.6 is 0 Å². The molecule has 0 aliphatic heterocycles. The molecule has 34 heavy (non-hydrogen) atoms. The number of nitrogens with zero attached hydrogens (tertiary/aromatic N) is 2. The summed E-state index contributed by atoms with van der Waals surface area (Å²) in [6.45, 7) is 6.89. The molecule has 0 saturated heterocycles. The van der Waals surface area contributed by atoms with E-state index in [1.165, 1.54) is 50.5 Å². The zero-order valence-corrected chi connectivity index (χ0v) is 21.6. The SMILES string of the molecule is CCCCCC/C=C\CCCCOc1cnc(-c2ccc(CCCCCOCCC)cc2)nc1. The maximum atomic E-state index is 5.82. The zero-order chi connectivity index (χ0) is 24.1. The molecule has 1 aromatic heterocycles. The fourth-order valence-electron chi connectivity index (χ4n) is 3.80. The molecule has 1 heterocycles. The first-order valence-corrected chi connectivity index (χ1v) is 13.6. The minimum atomic E-state index is 0.715. The number of hydrogen-bond donors (Lipinski definition) is 0. The lowest BCUT2D eigenvalue weighted by Gasteiger charge is -2.07. The molecular weight excluding hydrogens is 420 g/mol. The van der Waals surface area contributed by atoms with Crippen LogP contribution in [-0.4, -0.2) is 29.8 Å². The molecule has 0 bridgehead atoms. The van der Waals surface area contributed by atoms with E-state index in [2.05, 4.69) is 60.2 Å². The van der Waals surface area contributed by atoms with E-state index in [1.54, 1.807) is 12.4 Å². The van der Waals surface area contributed by atoms with Gasteiger partial charge in [-0.2, -0.15) is 0 Å². The summed E-state index contributed by atoms with van der Waals surface area (Å²) in [6, 6.07) is 8.62. The molecule has 0 aliphatic rings. The van der Waals surface area contributed by atoms with Gasteiger partial charge in [0.05, 0.1) is 19.0 Å². The highest BCUT2D eigenvalue weighted by Gasteiger charge is 2.03. The number of ether oxygens (including phenoxy) is 2. The lowest BCUT2D eigenvalue weighted by Crippen LogP contribution is -1.99. The van der Waals surface area contributed by atoms with E-state index in [9.17, 15) is 0 Å². The standard InChI is InChI=1S/C30H46N2O2/c1-3-5-6-7-8-9-10-11-12-16-24-34-29-25-31-30(32-26-29)28-20-18-27(19-21-28)17-14-13-15-23-33-22-4-2/h9-10,18-21,25-26H,3-8,11-17,22-24H2,1-2H3/b10-9-. The van der Waals surface area contributed by atoms with Crippen LogP contribution in [0.5, 0.6) is 5.75 Å². The Morgan fingerprint density at radius 1 is 0.676 bits per heavy atom. The fraction of sp³-hybridized carbons (Fsp3) is 0.600. The van der Waals surface area contributed by atoms with Gasteiger partial charge in [0.25, 0.3) is 0 Å². The summed E-state index contributed by atoms with van der Waals surface area (Å²) in [4.78, 5) is 9.00. The van der Waals surface area contributed by atoms with Crippen LogP contribution in [0.15, 0.2) is 48.8 Å². The molecule has 0 unspecified atom stereocenters. The predicted octanol–water partition coefficient (Wildman–Crippen LogP) is 8.36. The van der Waals surface area contributed by atoms with Crippen molar-refractivity contribution in [3.8, 4) is 17.1 Å². The van der Waals surface area contributed by atoms with Crippen LogP contribution in [0, 0.1) is 0 Å². The van der Waals surface area contributed by atoms with Crippen molar-refractivity contribution < 1.29 is 9.47 Å². The van der Waals surface area contributed by atoms with Crippen molar-refractivity contribution in [2.75, 3.05) is 19.8 Å². The van der Waals surface area contributed by atoms with Crippen LogP contribution < -0.4 is 4.74 Å². The van der Waals surface area contributed by atoms with Crippen molar-refractivity contribution in [2.24, 2.45) is 0 Å². The molecular formula is C30H46N2O2. The number of benzene rings is 1. The monoisotopic (exact) mass is 466 g/mol. The van der Waals surface area contributed by atoms with E-state index in [4.69, 9.17) is 9.47 Å². The smallest absolute Gasteiger partial charge is 0.159 e. The maximum absolute atomic E-state index is 5.82. The normalized spacial score (nSPS) is 11.4. The lowest BCUT2D eigenvalue weighted by molar-refractivity contribution is 0.130. The van der Waals surface area contributed by atoms with Gasteiger partial charge in [-0.25, -0.2) is 9.97 Å². The topological polar surface area (TPSA) is 44.2 Å². The van der Waals surface area contributed by atoms with Crippen molar-refractivity contribution in [1.82, 2.24) is 9.97 Å². The van der Waals surface area contributed by atoms with Crippen LogP contribution in [0.25, 0.3) is 11.4 Å². The molecule has 0 aliphatic carbocycles. The van der Waals surface area contributed by atoms with Gasteiger partial charge >= 0.3 is 0 Å². The number of allylic oxidation sites excluding steroid dienone is 2. The highest BCUT2D eigenvalue weighted by atomic mass is 16.5. The van der Waals surface area contributed by atoms with Gasteiger partial charge in [0.15, 0.2) is 11.6 Å². The molecule has 0 fully saturated rings. The summed E-state index contributed by atoms with van der Waals surface area (Å²) < 4.78 is 11.4.